The molecule has 3 amide bonds. The first kappa shape index (κ1) is 13.1. The predicted octanol–water partition coefficient (Wildman–Crippen LogP) is 0.820. The van der Waals surface area contributed by atoms with Crippen molar-refractivity contribution in [2.75, 3.05) is 19.7 Å². The van der Waals surface area contributed by atoms with Crippen molar-refractivity contribution in [2.45, 2.75) is 6.92 Å². The number of urea groups is 1. The third-order valence-electron chi connectivity index (χ3n) is 2.78. The molecule has 1 heterocycles. The van der Waals surface area contributed by atoms with Crippen LogP contribution in [0.4, 0.5) is 4.79 Å². The van der Waals surface area contributed by atoms with Crippen LogP contribution in [-0.4, -0.2) is 42.3 Å². The molecule has 0 spiro atoms. The van der Waals surface area contributed by atoms with E-state index in [1.165, 1.54) is 6.92 Å². The highest BCUT2D eigenvalue weighted by Crippen LogP contribution is 2.18. The fourth-order valence-electron chi connectivity index (χ4n) is 1.81. The van der Waals surface area contributed by atoms with Crippen molar-refractivity contribution in [3.8, 4) is 5.75 Å². The second kappa shape index (κ2) is 5.51. The molecule has 1 fully saturated rings. The maximum atomic E-state index is 11.4. The third-order valence-corrected chi connectivity index (χ3v) is 2.78. The molecule has 6 nitrogen and oxygen atoms in total. The summed E-state index contributed by atoms with van der Waals surface area (Å²) in [6.07, 6.45) is 0. The van der Waals surface area contributed by atoms with Gasteiger partial charge in [0.15, 0.2) is 5.78 Å². The summed E-state index contributed by atoms with van der Waals surface area (Å²) in [5.74, 6) is 0.0982. The molecule has 0 atom stereocenters. The summed E-state index contributed by atoms with van der Waals surface area (Å²) < 4.78 is 5.46. The number of hydrogen-bond donors (Lipinski definition) is 1. The molecule has 0 unspecified atom stereocenters. The SMILES string of the molecule is CC(=O)c1ccccc1OCCN1C(=O)CNC1=O. The Morgan fingerprint density at radius 2 is 2.11 bits per heavy atom. The van der Waals surface area contributed by atoms with Crippen molar-refractivity contribution in [1.82, 2.24) is 10.2 Å². The van der Waals surface area contributed by atoms with Crippen molar-refractivity contribution in [3.05, 3.63) is 29.8 Å². The molecule has 6 heteroatoms. The Morgan fingerprint density at radius 1 is 1.37 bits per heavy atom. The van der Waals surface area contributed by atoms with Gasteiger partial charge in [0.2, 0.25) is 5.91 Å². The molecule has 0 aliphatic carbocycles. The van der Waals surface area contributed by atoms with E-state index in [4.69, 9.17) is 4.74 Å². The van der Waals surface area contributed by atoms with Crippen LogP contribution in [0.3, 0.4) is 0 Å². The Labute approximate surface area is 110 Å². The fraction of sp³-hybridized carbons (Fsp3) is 0.308. The van der Waals surface area contributed by atoms with Crippen LogP contribution in [0.25, 0.3) is 0 Å². The largest absolute Gasteiger partial charge is 0.491 e. The molecule has 0 saturated carbocycles. The molecule has 1 aromatic rings. The average molecular weight is 262 g/mol. The van der Waals surface area contributed by atoms with Crippen LogP contribution in [0.5, 0.6) is 5.75 Å². The number of amides is 3. The van der Waals surface area contributed by atoms with E-state index in [2.05, 4.69) is 5.32 Å². The van der Waals surface area contributed by atoms with Gasteiger partial charge >= 0.3 is 6.03 Å². The van der Waals surface area contributed by atoms with Crippen molar-refractivity contribution in [3.63, 3.8) is 0 Å². The van der Waals surface area contributed by atoms with Gasteiger partial charge in [-0.1, -0.05) is 12.1 Å². The highest BCUT2D eigenvalue weighted by atomic mass is 16.5. The lowest BCUT2D eigenvalue weighted by Gasteiger charge is -2.14. The highest BCUT2D eigenvalue weighted by molar-refractivity contribution is 6.01. The fourth-order valence-corrected chi connectivity index (χ4v) is 1.81. The number of Topliss-reactive ketones (excluding diaryl/α,β-unsaturated/α-hetero) is 1. The van der Waals surface area contributed by atoms with E-state index in [0.717, 1.165) is 4.90 Å². The van der Waals surface area contributed by atoms with E-state index in [9.17, 15) is 14.4 Å². The Kier molecular flexibility index (Phi) is 3.79. The van der Waals surface area contributed by atoms with Crippen molar-refractivity contribution in [1.29, 1.82) is 0 Å². The molecule has 0 radical (unpaired) electrons. The number of imide groups is 1. The number of benzene rings is 1. The number of hydrogen-bond acceptors (Lipinski definition) is 4. The maximum absolute atomic E-state index is 11.4. The first-order chi connectivity index (χ1) is 9.09. The summed E-state index contributed by atoms with van der Waals surface area (Å²) in [4.78, 5) is 35.1. The number of ether oxygens (including phenoxy) is 1. The Bertz CT molecular complexity index is 511. The molecule has 1 saturated heterocycles. The van der Waals surface area contributed by atoms with Gasteiger partial charge in [-0.3, -0.25) is 14.5 Å². The summed E-state index contributed by atoms with van der Waals surface area (Å²) in [6.45, 7) is 1.81. The van der Waals surface area contributed by atoms with E-state index < -0.39 is 6.03 Å². The summed E-state index contributed by atoms with van der Waals surface area (Å²) >= 11 is 0. The smallest absolute Gasteiger partial charge is 0.324 e. The van der Waals surface area contributed by atoms with Gasteiger partial charge in [0.25, 0.3) is 0 Å². The van der Waals surface area contributed by atoms with Crippen molar-refractivity contribution in [2.24, 2.45) is 0 Å². The average Bonchev–Trinajstić information content (AvgIpc) is 2.70. The quantitative estimate of drug-likeness (QED) is 0.629. The lowest BCUT2D eigenvalue weighted by atomic mass is 10.1. The molecular formula is C13H14N2O4. The molecule has 100 valence electrons. The van der Waals surface area contributed by atoms with Gasteiger partial charge in [0.05, 0.1) is 18.7 Å². The Hall–Kier alpha value is -2.37. The second-order valence-electron chi connectivity index (χ2n) is 4.10. The van der Waals surface area contributed by atoms with Crippen LogP contribution in [0.1, 0.15) is 17.3 Å². The molecule has 1 aliphatic rings. The van der Waals surface area contributed by atoms with Crippen LogP contribution in [0.2, 0.25) is 0 Å². The minimum Gasteiger partial charge on any atom is -0.491 e. The number of carbonyl (C=O) groups is 3. The summed E-state index contributed by atoms with van der Waals surface area (Å²) in [5, 5.41) is 2.43. The van der Waals surface area contributed by atoms with Crippen LogP contribution >= 0.6 is 0 Å². The first-order valence-corrected chi connectivity index (χ1v) is 5.90. The predicted molar refractivity (Wildman–Crippen MR) is 67.1 cm³/mol. The van der Waals surface area contributed by atoms with Crippen LogP contribution in [-0.2, 0) is 4.79 Å². The second-order valence-corrected chi connectivity index (χ2v) is 4.10. The van der Waals surface area contributed by atoms with E-state index in [0.29, 0.717) is 11.3 Å². The van der Waals surface area contributed by atoms with Crippen LogP contribution in [0, 0.1) is 0 Å². The lowest BCUT2D eigenvalue weighted by molar-refractivity contribution is -0.125. The van der Waals surface area contributed by atoms with Crippen molar-refractivity contribution < 1.29 is 19.1 Å². The van der Waals surface area contributed by atoms with Gasteiger partial charge in [-0.05, 0) is 19.1 Å². The monoisotopic (exact) mass is 262 g/mol. The first-order valence-electron chi connectivity index (χ1n) is 5.90. The molecule has 1 N–H and O–H groups in total. The molecule has 0 aromatic heterocycles. The van der Waals surface area contributed by atoms with Crippen LogP contribution in [0.15, 0.2) is 24.3 Å². The minimum absolute atomic E-state index is 0.0306. The van der Waals surface area contributed by atoms with Gasteiger partial charge in [0, 0.05) is 0 Å². The van der Waals surface area contributed by atoms with Gasteiger partial charge in [-0.15, -0.1) is 0 Å². The lowest BCUT2D eigenvalue weighted by Crippen LogP contribution is -2.34. The standard InChI is InChI=1S/C13H14N2O4/c1-9(16)10-4-2-3-5-11(10)19-7-6-15-12(17)8-14-13(15)18/h2-5H,6-8H2,1H3,(H,14,18). The summed E-state index contributed by atoms with van der Waals surface area (Å²) in [7, 11) is 0. The van der Waals surface area contributed by atoms with E-state index >= 15 is 0 Å². The van der Waals surface area contributed by atoms with Crippen LogP contribution < -0.4 is 10.1 Å². The van der Waals surface area contributed by atoms with Gasteiger partial charge < -0.3 is 10.1 Å². The van der Waals surface area contributed by atoms with E-state index in [1.807, 2.05) is 0 Å². The zero-order chi connectivity index (χ0) is 13.8. The number of nitrogens with one attached hydrogen (secondary N) is 1. The highest BCUT2D eigenvalue weighted by Gasteiger charge is 2.27. The molecular weight excluding hydrogens is 248 g/mol. The summed E-state index contributed by atoms with van der Waals surface area (Å²) in [6, 6.07) is 6.46. The molecule has 19 heavy (non-hydrogen) atoms. The number of ketones is 1. The number of nitrogens with zero attached hydrogens (tertiary/aromatic N) is 1. The molecule has 1 aliphatic heterocycles. The topological polar surface area (TPSA) is 75.7 Å². The maximum Gasteiger partial charge on any atom is 0.324 e. The zero-order valence-corrected chi connectivity index (χ0v) is 10.5. The third kappa shape index (κ3) is 2.90. The van der Waals surface area contributed by atoms with Gasteiger partial charge in [0.1, 0.15) is 12.4 Å². The number of para-hydroxylation sites is 1. The van der Waals surface area contributed by atoms with Gasteiger partial charge in [-0.2, -0.15) is 0 Å². The van der Waals surface area contributed by atoms with E-state index in [1.54, 1.807) is 24.3 Å². The molecule has 0 bridgehead atoms. The van der Waals surface area contributed by atoms with Gasteiger partial charge in [-0.25, -0.2) is 4.79 Å². The minimum atomic E-state index is -0.409. The molecule has 2 rings (SSSR count). The Balaban J connectivity index is 1.94. The number of carbonyl (C=O) groups excluding carboxylic acids is 3. The summed E-state index contributed by atoms with van der Waals surface area (Å²) in [5.41, 5.74) is 0.486. The van der Waals surface area contributed by atoms with Crippen molar-refractivity contribution >= 4 is 17.7 Å². The van der Waals surface area contributed by atoms with E-state index in [-0.39, 0.29) is 31.4 Å². The normalized spacial score (nSPS) is 14.5. The zero-order valence-electron chi connectivity index (χ0n) is 10.5. The number of rotatable bonds is 5. The molecule has 1 aromatic carbocycles. The Morgan fingerprint density at radius 3 is 2.74 bits per heavy atom.